The summed E-state index contributed by atoms with van der Waals surface area (Å²) >= 11 is 1.69. The normalized spacial score (nSPS) is 12.8. The minimum atomic E-state index is -0.0475. The summed E-state index contributed by atoms with van der Waals surface area (Å²) in [6, 6.07) is 8.00. The summed E-state index contributed by atoms with van der Waals surface area (Å²) in [6.45, 7) is 0.143. The first-order valence-corrected chi connectivity index (χ1v) is 5.51. The summed E-state index contributed by atoms with van der Waals surface area (Å²) in [7, 11) is 0. The van der Waals surface area contributed by atoms with Gasteiger partial charge in [-0.05, 0) is 24.3 Å². The molecule has 0 amide bonds. The van der Waals surface area contributed by atoms with Gasteiger partial charge in [-0.15, -0.1) is 11.8 Å². The second-order valence-corrected chi connectivity index (χ2v) is 3.71. The van der Waals surface area contributed by atoms with Crippen molar-refractivity contribution < 1.29 is 5.11 Å². The lowest BCUT2D eigenvalue weighted by molar-refractivity contribution is 0.276. The Balaban J connectivity index is 2.85. The molecule has 3 N–H and O–H groups in total. The molecule has 0 saturated heterocycles. The Hall–Kier alpha value is -0.510. The van der Waals surface area contributed by atoms with Crippen molar-refractivity contribution in [2.24, 2.45) is 5.73 Å². The number of nitrogens with two attached hydrogens (primary N) is 1. The van der Waals surface area contributed by atoms with Crippen molar-refractivity contribution in [2.75, 3.05) is 12.9 Å². The standard InChI is InChI=1S/C10H15NOS/c1-13-10-5-3-2-4-8(10)9(11)6-7-12/h2-5,9,12H,6-7,11H2,1H3. The highest BCUT2D eigenvalue weighted by Gasteiger charge is 2.08. The van der Waals surface area contributed by atoms with Crippen LogP contribution in [0.5, 0.6) is 0 Å². The Bertz CT molecular complexity index is 265. The molecule has 0 heterocycles. The molecule has 0 aliphatic rings. The number of rotatable bonds is 4. The molecule has 13 heavy (non-hydrogen) atoms. The maximum absolute atomic E-state index is 8.77. The van der Waals surface area contributed by atoms with Gasteiger partial charge in [-0.3, -0.25) is 0 Å². The number of benzene rings is 1. The molecule has 0 aliphatic heterocycles. The van der Waals surface area contributed by atoms with E-state index < -0.39 is 0 Å². The molecule has 0 fully saturated rings. The quantitative estimate of drug-likeness (QED) is 0.723. The Morgan fingerprint density at radius 2 is 2.15 bits per heavy atom. The second-order valence-electron chi connectivity index (χ2n) is 2.86. The molecule has 0 bridgehead atoms. The molecule has 0 aromatic heterocycles. The zero-order valence-corrected chi connectivity index (χ0v) is 8.55. The van der Waals surface area contributed by atoms with Crippen LogP contribution in [0.3, 0.4) is 0 Å². The molecule has 3 heteroatoms. The van der Waals surface area contributed by atoms with Crippen LogP contribution in [0.25, 0.3) is 0 Å². The third kappa shape index (κ3) is 2.72. The Kier molecular flexibility index (Phi) is 4.28. The summed E-state index contributed by atoms with van der Waals surface area (Å²) in [5.41, 5.74) is 7.04. The van der Waals surface area contributed by atoms with Crippen LogP contribution in [0, 0.1) is 0 Å². The van der Waals surface area contributed by atoms with E-state index in [-0.39, 0.29) is 12.6 Å². The van der Waals surface area contributed by atoms with Crippen LogP contribution in [0.15, 0.2) is 29.2 Å². The SMILES string of the molecule is CSc1ccccc1C(N)CCO. The number of aliphatic hydroxyl groups is 1. The van der Waals surface area contributed by atoms with E-state index in [2.05, 4.69) is 6.07 Å². The van der Waals surface area contributed by atoms with Crippen molar-refractivity contribution in [1.29, 1.82) is 0 Å². The fraction of sp³-hybridized carbons (Fsp3) is 0.400. The van der Waals surface area contributed by atoms with Crippen LogP contribution in [-0.4, -0.2) is 18.0 Å². The van der Waals surface area contributed by atoms with Gasteiger partial charge in [0.05, 0.1) is 0 Å². The predicted octanol–water partition coefficient (Wildman–Crippen LogP) is 1.79. The maximum atomic E-state index is 8.77. The van der Waals surface area contributed by atoms with Crippen molar-refractivity contribution in [3.8, 4) is 0 Å². The molecule has 0 radical (unpaired) electrons. The molecule has 0 saturated carbocycles. The van der Waals surface area contributed by atoms with Gasteiger partial charge < -0.3 is 10.8 Å². The predicted molar refractivity (Wildman–Crippen MR) is 56.9 cm³/mol. The zero-order chi connectivity index (χ0) is 9.68. The van der Waals surface area contributed by atoms with E-state index in [4.69, 9.17) is 10.8 Å². The first-order chi connectivity index (χ1) is 6.29. The highest BCUT2D eigenvalue weighted by molar-refractivity contribution is 7.98. The average Bonchev–Trinajstić information content (AvgIpc) is 2.18. The van der Waals surface area contributed by atoms with E-state index in [0.29, 0.717) is 6.42 Å². The van der Waals surface area contributed by atoms with Gasteiger partial charge in [0.25, 0.3) is 0 Å². The van der Waals surface area contributed by atoms with Gasteiger partial charge in [-0.1, -0.05) is 18.2 Å². The first kappa shape index (κ1) is 10.6. The van der Waals surface area contributed by atoms with Gasteiger partial charge in [-0.25, -0.2) is 0 Å². The van der Waals surface area contributed by atoms with Gasteiger partial charge >= 0.3 is 0 Å². The van der Waals surface area contributed by atoms with Crippen LogP contribution in [0.4, 0.5) is 0 Å². The molecule has 1 atom stereocenters. The van der Waals surface area contributed by atoms with Crippen molar-refractivity contribution in [1.82, 2.24) is 0 Å². The minimum absolute atomic E-state index is 0.0475. The second kappa shape index (κ2) is 5.27. The summed E-state index contributed by atoms with van der Waals surface area (Å²) in [6.07, 6.45) is 2.65. The molecule has 1 aromatic carbocycles. The summed E-state index contributed by atoms with van der Waals surface area (Å²) in [4.78, 5) is 1.20. The fourth-order valence-corrected chi connectivity index (χ4v) is 1.94. The largest absolute Gasteiger partial charge is 0.396 e. The summed E-state index contributed by atoms with van der Waals surface area (Å²) in [5.74, 6) is 0. The van der Waals surface area contributed by atoms with Gasteiger partial charge in [0, 0.05) is 17.5 Å². The molecule has 1 aromatic rings. The van der Waals surface area contributed by atoms with Crippen LogP contribution < -0.4 is 5.73 Å². The van der Waals surface area contributed by atoms with Crippen molar-refractivity contribution in [3.05, 3.63) is 29.8 Å². The van der Waals surface area contributed by atoms with Gasteiger partial charge in [0.2, 0.25) is 0 Å². The van der Waals surface area contributed by atoms with E-state index in [0.717, 1.165) is 5.56 Å². The van der Waals surface area contributed by atoms with E-state index in [1.807, 2.05) is 24.5 Å². The highest BCUT2D eigenvalue weighted by atomic mass is 32.2. The molecule has 72 valence electrons. The average molecular weight is 197 g/mol. The Morgan fingerprint density at radius 1 is 1.46 bits per heavy atom. The van der Waals surface area contributed by atoms with E-state index >= 15 is 0 Å². The van der Waals surface area contributed by atoms with Crippen LogP contribution in [-0.2, 0) is 0 Å². The summed E-state index contributed by atoms with van der Waals surface area (Å²) < 4.78 is 0. The topological polar surface area (TPSA) is 46.2 Å². The summed E-state index contributed by atoms with van der Waals surface area (Å²) in [5, 5.41) is 8.77. The van der Waals surface area contributed by atoms with Gasteiger partial charge in [-0.2, -0.15) is 0 Å². The molecule has 1 rings (SSSR count). The third-order valence-electron chi connectivity index (χ3n) is 1.98. The zero-order valence-electron chi connectivity index (χ0n) is 7.73. The van der Waals surface area contributed by atoms with E-state index in [9.17, 15) is 0 Å². The number of aliphatic hydroxyl groups excluding tert-OH is 1. The molecule has 2 nitrogen and oxygen atoms in total. The number of thioether (sulfide) groups is 1. The molecular formula is C10H15NOS. The smallest absolute Gasteiger partial charge is 0.0449 e. The molecular weight excluding hydrogens is 182 g/mol. The Morgan fingerprint density at radius 3 is 2.77 bits per heavy atom. The van der Waals surface area contributed by atoms with Crippen LogP contribution in [0.1, 0.15) is 18.0 Å². The van der Waals surface area contributed by atoms with Gasteiger partial charge in [0.1, 0.15) is 0 Å². The number of hydrogen-bond acceptors (Lipinski definition) is 3. The van der Waals surface area contributed by atoms with Crippen LogP contribution >= 0.6 is 11.8 Å². The van der Waals surface area contributed by atoms with E-state index in [1.165, 1.54) is 4.90 Å². The first-order valence-electron chi connectivity index (χ1n) is 4.29. The van der Waals surface area contributed by atoms with E-state index in [1.54, 1.807) is 11.8 Å². The van der Waals surface area contributed by atoms with Crippen molar-refractivity contribution in [3.63, 3.8) is 0 Å². The Labute approximate surface area is 83.1 Å². The van der Waals surface area contributed by atoms with Crippen LogP contribution in [0.2, 0.25) is 0 Å². The highest BCUT2D eigenvalue weighted by Crippen LogP contribution is 2.25. The third-order valence-corrected chi connectivity index (χ3v) is 2.79. The minimum Gasteiger partial charge on any atom is -0.396 e. The fourth-order valence-electron chi connectivity index (χ4n) is 1.27. The van der Waals surface area contributed by atoms with Gasteiger partial charge in [0.15, 0.2) is 0 Å². The lowest BCUT2D eigenvalue weighted by Gasteiger charge is -2.13. The molecule has 0 spiro atoms. The number of hydrogen-bond donors (Lipinski definition) is 2. The molecule has 0 aliphatic carbocycles. The van der Waals surface area contributed by atoms with Crippen molar-refractivity contribution in [2.45, 2.75) is 17.4 Å². The lowest BCUT2D eigenvalue weighted by atomic mass is 10.1. The van der Waals surface area contributed by atoms with Crippen molar-refractivity contribution >= 4 is 11.8 Å². The molecule has 1 unspecified atom stereocenters. The maximum Gasteiger partial charge on any atom is 0.0449 e. The monoisotopic (exact) mass is 197 g/mol. The lowest BCUT2D eigenvalue weighted by Crippen LogP contribution is -2.12.